The number of aliphatic carboxylic acids is 1. The van der Waals surface area contributed by atoms with E-state index in [1.165, 1.54) is 31.2 Å². The summed E-state index contributed by atoms with van der Waals surface area (Å²) in [7, 11) is 0. The zero-order chi connectivity index (χ0) is 16.5. The third kappa shape index (κ3) is 3.18. The van der Waals surface area contributed by atoms with E-state index < -0.39 is 36.5 Å². The van der Waals surface area contributed by atoms with Crippen LogP contribution in [-0.4, -0.2) is 32.6 Å². The molecular formula is C13H12F3N3O3. The summed E-state index contributed by atoms with van der Waals surface area (Å²) in [6.45, 7) is 0.546. The van der Waals surface area contributed by atoms with Gasteiger partial charge < -0.3 is 15.0 Å². The van der Waals surface area contributed by atoms with Gasteiger partial charge >= 0.3 is 12.1 Å². The number of carboxylic acids is 1. The van der Waals surface area contributed by atoms with Gasteiger partial charge in [0.2, 0.25) is 11.7 Å². The SMILES string of the molecule is CC(NC(=O)Cn1c(C(F)(F)F)nc2ccccc21)C(=O)O. The Balaban J connectivity index is 2.37. The molecule has 1 heterocycles. The summed E-state index contributed by atoms with van der Waals surface area (Å²) >= 11 is 0. The molecule has 0 fully saturated rings. The molecule has 1 unspecified atom stereocenters. The Bertz CT molecular complexity index is 724. The minimum atomic E-state index is -4.72. The van der Waals surface area contributed by atoms with Crippen LogP contribution in [0.4, 0.5) is 13.2 Å². The lowest BCUT2D eigenvalue weighted by Gasteiger charge is -2.13. The second kappa shape index (κ2) is 5.66. The Morgan fingerprint density at radius 2 is 2.00 bits per heavy atom. The van der Waals surface area contributed by atoms with Gasteiger partial charge in [-0.3, -0.25) is 9.59 Å². The van der Waals surface area contributed by atoms with E-state index in [0.29, 0.717) is 0 Å². The van der Waals surface area contributed by atoms with Crippen molar-refractivity contribution in [3.63, 3.8) is 0 Å². The van der Waals surface area contributed by atoms with Crippen molar-refractivity contribution in [3.05, 3.63) is 30.1 Å². The zero-order valence-corrected chi connectivity index (χ0v) is 11.4. The summed E-state index contributed by atoms with van der Waals surface area (Å²) in [5.74, 6) is -3.32. The van der Waals surface area contributed by atoms with Gasteiger partial charge in [-0.25, -0.2) is 4.98 Å². The van der Waals surface area contributed by atoms with Crippen molar-refractivity contribution in [1.82, 2.24) is 14.9 Å². The van der Waals surface area contributed by atoms with Crippen molar-refractivity contribution in [2.45, 2.75) is 25.7 Å². The van der Waals surface area contributed by atoms with Crippen molar-refractivity contribution in [2.75, 3.05) is 0 Å². The molecule has 0 aliphatic carbocycles. The van der Waals surface area contributed by atoms with Crippen molar-refractivity contribution in [1.29, 1.82) is 0 Å². The smallest absolute Gasteiger partial charge is 0.449 e. The van der Waals surface area contributed by atoms with Crippen molar-refractivity contribution < 1.29 is 27.9 Å². The number of nitrogens with one attached hydrogen (secondary N) is 1. The van der Waals surface area contributed by atoms with Gasteiger partial charge in [0.25, 0.3) is 0 Å². The fourth-order valence-electron chi connectivity index (χ4n) is 1.94. The summed E-state index contributed by atoms with van der Waals surface area (Å²) in [5, 5.41) is 10.8. The quantitative estimate of drug-likeness (QED) is 0.898. The Hall–Kier alpha value is -2.58. The predicted octanol–water partition coefficient (Wildman–Crippen LogP) is 1.64. The largest absolute Gasteiger partial charge is 0.480 e. The second-order valence-electron chi connectivity index (χ2n) is 4.64. The number of fused-ring (bicyclic) bond motifs is 1. The summed E-state index contributed by atoms with van der Waals surface area (Å²) in [5.41, 5.74) is 0.252. The highest BCUT2D eigenvalue weighted by Crippen LogP contribution is 2.31. The summed E-state index contributed by atoms with van der Waals surface area (Å²) in [6, 6.07) is 4.67. The molecule has 2 rings (SSSR count). The third-order valence-corrected chi connectivity index (χ3v) is 2.96. The minimum Gasteiger partial charge on any atom is -0.480 e. The molecular weight excluding hydrogens is 303 g/mol. The van der Waals surface area contributed by atoms with E-state index in [2.05, 4.69) is 10.3 Å². The number of carbonyl (C=O) groups is 2. The van der Waals surface area contributed by atoms with Crippen molar-refractivity contribution in [2.24, 2.45) is 0 Å². The first kappa shape index (κ1) is 15.8. The number of benzene rings is 1. The molecule has 22 heavy (non-hydrogen) atoms. The van der Waals surface area contributed by atoms with E-state index in [-0.39, 0.29) is 11.0 Å². The standard InChI is InChI=1S/C13H12F3N3O3/c1-7(11(21)22)17-10(20)6-19-9-5-3-2-4-8(9)18-12(19)13(14,15)16/h2-5,7H,6H2,1H3,(H,17,20)(H,21,22). The number of carboxylic acid groups (broad SMARTS) is 1. The molecule has 118 valence electrons. The fourth-order valence-corrected chi connectivity index (χ4v) is 1.94. The monoisotopic (exact) mass is 315 g/mol. The normalized spacial score (nSPS) is 13.1. The van der Waals surface area contributed by atoms with Gasteiger partial charge in [-0.05, 0) is 19.1 Å². The maximum Gasteiger partial charge on any atom is 0.449 e. The number of hydrogen-bond acceptors (Lipinski definition) is 3. The Labute approximate surface area is 122 Å². The van der Waals surface area contributed by atoms with Crippen LogP contribution in [-0.2, 0) is 22.3 Å². The molecule has 1 amide bonds. The highest BCUT2D eigenvalue weighted by molar-refractivity contribution is 5.85. The number of amides is 1. The molecule has 0 radical (unpaired) electrons. The van der Waals surface area contributed by atoms with E-state index in [9.17, 15) is 22.8 Å². The van der Waals surface area contributed by atoms with Crippen LogP contribution >= 0.6 is 0 Å². The number of hydrogen-bond donors (Lipinski definition) is 2. The molecule has 1 aromatic carbocycles. The Morgan fingerprint density at radius 1 is 1.36 bits per heavy atom. The van der Waals surface area contributed by atoms with Gasteiger partial charge in [-0.2, -0.15) is 13.2 Å². The van der Waals surface area contributed by atoms with Crippen LogP contribution in [0.15, 0.2) is 24.3 Å². The third-order valence-electron chi connectivity index (χ3n) is 2.96. The van der Waals surface area contributed by atoms with Crippen LogP contribution in [0.25, 0.3) is 11.0 Å². The van der Waals surface area contributed by atoms with E-state index >= 15 is 0 Å². The maximum atomic E-state index is 13.0. The molecule has 0 aliphatic heterocycles. The van der Waals surface area contributed by atoms with Crippen LogP contribution in [0.5, 0.6) is 0 Å². The number of alkyl halides is 3. The number of imidazole rings is 1. The fraction of sp³-hybridized carbons (Fsp3) is 0.308. The van der Waals surface area contributed by atoms with Crippen LogP contribution in [0.2, 0.25) is 0 Å². The van der Waals surface area contributed by atoms with E-state index in [4.69, 9.17) is 5.11 Å². The Kier molecular flexibility index (Phi) is 4.07. The predicted molar refractivity (Wildman–Crippen MR) is 70.0 cm³/mol. The highest BCUT2D eigenvalue weighted by atomic mass is 19.4. The molecule has 2 aromatic rings. The first-order valence-corrected chi connectivity index (χ1v) is 6.25. The molecule has 1 atom stereocenters. The lowest BCUT2D eigenvalue weighted by atomic mass is 10.3. The number of nitrogens with zero attached hydrogens (tertiary/aromatic N) is 2. The van der Waals surface area contributed by atoms with Crippen LogP contribution in [0, 0.1) is 0 Å². The lowest BCUT2D eigenvalue weighted by Crippen LogP contribution is -2.40. The Morgan fingerprint density at radius 3 is 2.59 bits per heavy atom. The van der Waals surface area contributed by atoms with E-state index in [1.807, 2.05) is 0 Å². The van der Waals surface area contributed by atoms with Crippen molar-refractivity contribution >= 4 is 22.9 Å². The topological polar surface area (TPSA) is 84.2 Å². The highest BCUT2D eigenvalue weighted by Gasteiger charge is 2.38. The van der Waals surface area contributed by atoms with Gasteiger partial charge in [0.15, 0.2) is 0 Å². The van der Waals surface area contributed by atoms with Crippen LogP contribution in [0.3, 0.4) is 0 Å². The molecule has 0 bridgehead atoms. The van der Waals surface area contributed by atoms with Gasteiger partial charge in [-0.15, -0.1) is 0 Å². The molecule has 9 heteroatoms. The molecule has 0 aliphatic rings. The molecule has 0 spiro atoms. The number of aromatic nitrogens is 2. The summed E-state index contributed by atoms with van der Waals surface area (Å²) < 4.78 is 39.8. The molecule has 2 N–H and O–H groups in total. The average Bonchev–Trinajstić information content (AvgIpc) is 2.77. The number of rotatable bonds is 4. The van der Waals surface area contributed by atoms with Gasteiger partial charge in [-0.1, -0.05) is 12.1 Å². The average molecular weight is 315 g/mol. The molecule has 6 nitrogen and oxygen atoms in total. The van der Waals surface area contributed by atoms with E-state index in [0.717, 1.165) is 4.57 Å². The first-order valence-electron chi connectivity index (χ1n) is 6.25. The van der Waals surface area contributed by atoms with Gasteiger partial charge in [0.1, 0.15) is 12.6 Å². The van der Waals surface area contributed by atoms with Gasteiger partial charge in [0, 0.05) is 0 Å². The number of para-hydroxylation sites is 2. The summed E-state index contributed by atoms with van der Waals surface area (Å²) in [6.07, 6.45) is -4.72. The minimum absolute atomic E-state index is 0.105. The first-order chi connectivity index (χ1) is 10.2. The number of halogens is 3. The number of carbonyl (C=O) groups excluding carboxylic acids is 1. The second-order valence-corrected chi connectivity index (χ2v) is 4.64. The van der Waals surface area contributed by atoms with Gasteiger partial charge in [0.05, 0.1) is 11.0 Å². The molecule has 1 aromatic heterocycles. The van der Waals surface area contributed by atoms with Crippen molar-refractivity contribution in [3.8, 4) is 0 Å². The van der Waals surface area contributed by atoms with Crippen LogP contribution < -0.4 is 5.32 Å². The molecule has 0 saturated heterocycles. The summed E-state index contributed by atoms with van der Waals surface area (Å²) in [4.78, 5) is 25.9. The zero-order valence-electron chi connectivity index (χ0n) is 11.4. The molecule has 0 saturated carbocycles. The maximum absolute atomic E-state index is 13.0. The lowest BCUT2D eigenvalue weighted by molar-refractivity contribution is -0.148. The van der Waals surface area contributed by atoms with Crippen LogP contribution in [0.1, 0.15) is 12.7 Å². The van der Waals surface area contributed by atoms with E-state index in [1.54, 1.807) is 0 Å².